The predicted octanol–water partition coefficient (Wildman–Crippen LogP) is 4.76. The third-order valence-corrected chi connectivity index (χ3v) is 5.70. The zero-order valence-electron chi connectivity index (χ0n) is 14.9. The number of hydrogen-bond acceptors (Lipinski definition) is 5. The molecule has 0 aliphatic rings. The summed E-state index contributed by atoms with van der Waals surface area (Å²) in [5, 5.41) is 4.29. The number of nitrogens with one attached hydrogen (secondary N) is 1. The molecule has 30 heavy (non-hydrogen) atoms. The Morgan fingerprint density at radius 3 is 2.30 bits per heavy atom. The second-order valence-electron chi connectivity index (χ2n) is 6.03. The van der Waals surface area contributed by atoms with Crippen molar-refractivity contribution in [2.75, 3.05) is 11.1 Å². The molecule has 0 aliphatic heterocycles. The molecule has 2 heterocycles. The van der Waals surface area contributed by atoms with E-state index in [1.54, 1.807) is 11.4 Å². The van der Waals surface area contributed by atoms with Crippen LogP contribution in [0.4, 0.5) is 32.0 Å². The first kappa shape index (κ1) is 22.2. The minimum absolute atomic E-state index is 0.0274. The molecule has 3 aromatic rings. The van der Waals surface area contributed by atoms with Gasteiger partial charge in [0.15, 0.2) is 5.16 Å². The van der Waals surface area contributed by atoms with Crippen molar-refractivity contribution in [2.45, 2.75) is 17.5 Å². The summed E-state index contributed by atoms with van der Waals surface area (Å²) in [7, 11) is 1.44. The summed E-state index contributed by atoms with van der Waals surface area (Å²) in [6.45, 7) is 0. The van der Waals surface area contributed by atoms with Crippen molar-refractivity contribution < 1.29 is 31.1 Å². The van der Waals surface area contributed by atoms with Gasteiger partial charge < -0.3 is 5.32 Å². The SMILES string of the molecule is Cn1c(SCC(=O)Nc2cc(C(F)(F)F)cc(C(F)(F)F)c2)nc2sccc2c1=O. The molecule has 0 radical (unpaired) electrons. The Morgan fingerprint density at radius 2 is 1.73 bits per heavy atom. The molecular formula is C17H11F6N3O2S2. The Bertz CT molecular complexity index is 1130. The Labute approximate surface area is 172 Å². The lowest BCUT2D eigenvalue weighted by Crippen LogP contribution is -2.21. The van der Waals surface area contributed by atoms with Gasteiger partial charge in [-0.2, -0.15) is 26.3 Å². The first-order valence-electron chi connectivity index (χ1n) is 8.02. The number of amides is 1. The maximum Gasteiger partial charge on any atom is 0.416 e. The van der Waals surface area contributed by atoms with Crippen LogP contribution in [-0.4, -0.2) is 21.2 Å². The Morgan fingerprint density at radius 1 is 1.13 bits per heavy atom. The van der Waals surface area contributed by atoms with Gasteiger partial charge in [-0.1, -0.05) is 11.8 Å². The van der Waals surface area contributed by atoms with Crippen molar-refractivity contribution in [3.05, 3.63) is 51.1 Å². The lowest BCUT2D eigenvalue weighted by Gasteiger charge is -2.14. The minimum atomic E-state index is -5.02. The number of fused-ring (bicyclic) bond motifs is 1. The molecule has 13 heteroatoms. The van der Waals surface area contributed by atoms with E-state index in [1.165, 1.54) is 23.0 Å². The number of anilines is 1. The second kappa shape index (κ2) is 7.95. The molecule has 0 bridgehead atoms. The van der Waals surface area contributed by atoms with Crippen LogP contribution in [0.3, 0.4) is 0 Å². The molecule has 1 amide bonds. The number of halogens is 6. The van der Waals surface area contributed by atoms with Gasteiger partial charge in [0.1, 0.15) is 4.83 Å². The molecule has 3 rings (SSSR count). The van der Waals surface area contributed by atoms with Crippen LogP contribution in [0.5, 0.6) is 0 Å². The van der Waals surface area contributed by atoms with E-state index in [4.69, 9.17) is 0 Å². The molecule has 0 saturated carbocycles. The van der Waals surface area contributed by atoms with Crippen molar-refractivity contribution in [1.82, 2.24) is 9.55 Å². The van der Waals surface area contributed by atoms with Crippen LogP contribution in [0.2, 0.25) is 0 Å². The van der Waals surface area contributed by atoms with Crippen LogP contribution in [0.15, 0.2) is 39.6 Å². The quantitative estimate of drug-likeness (QED) is 0.341. The van der Waals surface area contributed by atoms with E-state index in [2.05, 4.69) is 4.98 Å². The highest BCUT2D eigenvalue weighted by Gasteiger charge is 2.37. The molecule has 0 saturated heterocycles. The Balaban J connectivity index is 1.80. The van der Waals surface area contributed by atoms with Gasteiger partial charge in [-0.15, -0.1) is 11.3 Å². The highest BCUT2D eigenvalue weighted by Crippen LogP contribution is 2.37. The van der Waals surface area contributed by atoms with Crippen LogP contribution < -0.4 is 10.9 Å². The van der Waals surface area contributed by atoms with Crippen molar-refractivity contribution in [1.29, 1.82) is 0 Å². The molecule has 160 valence electrons. The number of benzene rings is 1. The fourth-order valence-corrected chi connectivity index (χ4v) is 4.04. The molecule has 0 fully saturated rings. The lowest BCUT2D eigenvalue weighted by molar-refractivity contribution is -0.143. The van der Waals surface area contributed by atoms with Gasteiger partial charge in [0.25, 0.3) is 5.56 Å². The predicted molar refractivity (Wildman–Crippen MR) is 101 cm³/mol. The van der Waals surface area contributed by atoms with E-state index in [0.717, 1.165) is 11.8 Å². The summed E-state index contributed by atoms with van der Waals surface area (Å²) in [6, 6.07) is 2.41. The van der Waals surface area contributed by atoms with E-state index in [1.807, 2.05) is 5.32 Å². The number of alkyl halides is 6. The van der Waals surface area contributed by atoms with Crippen LogP contribution in [0.1, 0.15) is 11.1 Å². The number of carbonyl (C=O) groups excluding carboxylic acids is 1. The van der Waals surface area contributed by atoms with E-state index in [-0.39, 0.29) is 22.5 Å². The van der Waals surface area contributed by atoms with Crippen LogP contribution in [-0.2, 0) is 24.2 Å². The second-order valence-corrected chi connectivity index (χ2v) is 7.87. The van der Waals surface area contributed by atoms with E-state index >= 15 is 0 Å². The number of thiophene rings is 1. The summed E-state index contributed by atoms with van der Waals surface area (Å²) < 4.78 is 78.6. The highest BCUT2D eigenvalue weighted by molar-refractivity contribution is 7.99. The molecule has 0 aliphatic carbocycles. The van der Waals surface area contributed by atoms with Gasteiger partial charge in [0.2, 0.25) is 5.91 Å². The van der Waals surface area contributed by atoms with Crippen molar-refractivity contribution in [2.24, 2.45) is 7.05 Å². The normalized spacial score (nSPS) is 12.4. The van der Waals surface area contributed by atoms with Gasteiger partial charge in [-0.25, -0.2) is 4.98 Å². The monoisotopic (exact) mass is 467 g/mol. The topological polar surface area (TPSA) is 64.0 Å². The molecule has 1 N–H and O–H groups in total. The standard InChI is InChI=1S/C17H11F6N3O2S2/c1-26-14(28)11-2-3-29-13(11)25-15(26)30-7-12(27)24-10-5-8(16(18,19)20)4-9(6-10)17(21,22)23/h2-6H,7H2,1H3,(H,24,27). The summed E-state index contributed by atoms with van der Waals surface area (Å²) in [5.41, 5.74) is -4.05. The number of hydrogen-bond donors (Lipinski definition) is 1. The third kappa shape index (κ3) is 4.78. The molecule has 0 spiro atoms. The smallest absolute Gasteiger partial charge is 0.325 e. The fraction of sp³-hybridized carbons (Fsp3) is 0.235. The fourth-order valence-electron chi connectivity index (χ4n) is 2.46. The van der Waals surface area contributed by atoms with E-state index in [0.29, 0.717) is 22.3 Å². The number of carbonyl (C=O) groups is 1. The average Bonchev–Trinajstić information content (AvgIpc) is 3.10. The van der Waals surface area contributed by atoms with Gasteiger partial charge >= 0.3 is 12.4 Å². The summed E-state index contributed by atoms with van der Waals surface area (Å²) in [4.78, 5) is 29.0. The zero-order valence-corrected chi connectivity index (χ0v) is 16.5. The number of rotatable bonds is 4. The third-order valence-electron chi connectivity index (χ3n) is 3.87. The molecule has 5 nitrogen and oxygen atoms in total. The van der Waals surface area contributed by atoms with E-state index in [9.17, 15) is 35.9 Å². The number of nitrogens with zero attached hydrogens (tertiary/aromatic N) is 2. The molecule has 1 aromatic carbocycles. The van der Waals surface area contributed by atoms with Crippen LogP contribution in [0.25, 0.3) is 10.2 Å². The summed E-state index contributed by atoms with van der Waals surface area (Å²) in [5.74, 6) is -1.23. The molecule has 0 unspecified atom stereocenters. The lowest BCUT2D eigenvalue weighted by atomic mass is 10.1. The van der Waals surface area contributed by atoms with Crippen LogP contribution >= 0.6 is 23.1 Å². The van der Waals surface area contributed by atoms with Crippen molar-refractivity contribution in [3.8, 4) is 0 Å². The molecular weight excluding hydrogens is 456 g/mol. The summed E-state index contributed by atoms with van der Waals surface area (Å²) >= 11 is 2.05. The maximum absolute atomic E-state index is 12.9. The first-order valence-corrected chi connectivity index (χ1v) is 9.89. The Kier molecular flexibility index (Phi) is 5.87. The van der Waals surface area contributed by atoms with Gasteiger partial charge in [0.05, 0.1) is 22.3 Å². The minimum Gasteiger partial charge on any atom is -0.325 e. The van der Waals surface area contributed by atoms with E-state index < -0.39 is 35.1 Å². The average molecular weight is 467 g/mol. The van der Waals surface area contributed by atoms with Crippen molar-refractivity contribution in [3.63, 3.8) is 0 Å². The summed E-state index contributed by atoms with van der Waals surface area (Å²) in [6.07, 6.45) is -10.0. The first-order chi connectivity index (χ1) is 13.9. The van der Waals surface area contributed by atoms with Gasteiger partial charge in [-0.3, -0.25) is 14.2 Å². The van der Waals surface area contributed by atoms with Crippen molar-refractivity contribution >= 4 is 44.9 Å². The number of aromatic nitrogens is 2. The molecule has 0 atom stereocenters. The molecule has 2 aromatic heterocycles. The van der Waals surface area contributed by atoms with Crippen LogP contribution in [0, 0.1) is 0 Å². The largest absolute Gasteiger partial charge is 0.416 e. The zero-order chi connectivity index (χ0) is 22.3. The highest BCUT2D eigenvalue weighted by atomic mass is 32.2. The van der Waals surface area contributed by atoms with Gasteiger partial charge in [0, 0.05) is 12.7 Å². The maximum atomic E-state index is 12.9. The Hall–Kier alpha value is -2.54. The number of thioether (sulfide) groups is 1. The van der Waals surface area contributed by atoms with Gasteiger partial charge in [-0.05, 0) is 29.6 Å².